The van der Waals surface area contributed by atoms with Crippen molar-refractivity contribution in [2.75, 3.05) is 13.2 Å². The predicted octanol–water partition coefficient (Wildman–Crippen LogP) is 3.18. The number of rotatable bonds is 8. The molecule has 1 aliphatic carbocycles. The zero-order valence-electron chi connectivity index (χ0n) is 16.1. The molecule has 0 aliphatic heterocycles. The quantitative estimate of drug-likeness (QED) is 0.289. The number of esters is 2. The lowest BCUT2D eigenvalue weighted by molar-refractivity contribution is -0.385. The number of carbonyl (C=O) groups is 3. The number of benzene rings is 1. The van der Waals surface area contributed by atoms with E-state index in [1.165, 1.54) is 18.2 Å². The first kappa shape index (κ1) is 21.5. The average molecular weight is 391 g/mol. The van der Waals surface area contributed by atoms with E-state index in [1.54, 1.807) is 19.9 Å². The molecule has 8 heteroatoms. The summed E-state index contributed by atoms with van der Waals surface area (Å²) in [4.78, 5) is 48.7. The second-order valence-corrected chi connectivity index (χ2v) is 6.68. The Morgan fingerprint density at radius 2 is 1.82 bits per heavy atom. The molecule has 0 unspecified atom stereocenters. The lowest BCUT2D eigenvalue weighted by Gasteiger charge is -2.33. The second-order valence-electron chi connectivity index (χ2n) is 6.68. The molecule has 0 N–H and O–H groups in total. The number of Topliss-reactive ketones (excluding diaryl/α,β-unsaturated/α-hetero) is 1. The highest BCUT2D eigenvalue weighted by atomic mass is 16.6. The minimum Gasteiger partial charge on any atom is -0.465 e. The maximum Gasteiger partial charge on any atom is 0.320 e. The number of hydrogen-bond donors (Lipinski definition) is 0. The van der Waals surface area contributed by atoms with Crippen LogP contribution in [0.4, 0.5) is 5.69 Å². The zero-order valence-corrected chi connectivity index (χ0v) is 16.1. The van der Waals surface area contributed by atoms with E-state index in [1.807, 2.05) is 0 Å². The van der Waals surface area contributed by atoms with Crippen LogP contribution in [-0.4, -0.2) is 35.9 Å². The van der Waals surface area contributed by atoms with E-state index in [2.05, 4.69) is 0 Å². The van der Waals surface area contributed by atoms with Crippen LogP contribution < -0.4 is 0 Å². The van der Waals surface area contributed by atoms with Gasteiger partial charge in [-0.15, -0.1) is 0 Å². The number of ether oxygens (including phenoxy) is 2. The topological polar surface area (TPSA) is 113 Å². The lowest BCUT2D eigenvalue weighted by atomic mass is 9.70. The Morgan fingerprint density at radius 3 is 2.36 bits per heavy atom. The van der Waals surface area contributed by atoms with Gasteiger partial charge in [0.25, 0.3) is 5.69 Å². The van der Waals surface area contributed by atoms with Crippen LogP contribution in [0.1, 0.15) is 51.0 Å². The van der Waals surface area contributed by atoms with Crippen molar-refractivity contribution in [3.63, 3.8) is 0 Å². The number of nitro benzene ring substituents is 1. The standard InChI is InChI=1S/C20H25NO7/c1-3-27-19(23)18(20(24)28-4-2)17(15-10-5-6-11-16(15)22)13-8-7-9-14(12-13)21(25)26/h7-9,12,15,17-18H,3-6,10-11H2,1-2H3/t15-,17+/m1/s1. The predicted molar refractivity (Wildman–Crippen MR) is 99.6 cm³/mol. The molecule has 0 amide bonds. The van der Waals surface area contributed by atoms with Gasteiger partial charge in [0.1, 0.15) is 5.78 Å². The maximum absolute atomic E-state index is 12.7. The van der Waals surface area contributed by atoms with Gasteiger partial charge in [-0.05, 0) is 32.3 Å². The summed E-state index contributed by atoms with van der Waals surface area (Å²) in [5.41, 5.74) is 0.220. The molecule has 1 aliphatic rings. The summed E-state index contributed by atoms with van der Waals surface area (Å²) in [5.74, 6) is -4.44. The van der Waals surface area contributed by atoms with E-state index >= 15 is 0 Å². The third kappa shape index (κ3) is 4.94. The monoisotopic (exact) mass is 391 g/mol. The van der Waals surface area contributed by atoms with Gasteiger partial charge in [-0.25, -0.2) is 0 Å². The van der Waals surface area contributed by atoms with Crippen LogP contribution in [0.5, 0.6) is 0 Å². The summed E-state index contributed by atoms with van der Waals surface area (Å²) in [6, 6.07) is 5.73. The molecule has 28 heavy (non-hydrogen) atoms. The number of carbonyl (C=O) groups excluding carboxylic acids is 3. The fraction of sp³-hybridized carbons (Fsp3) is 0.550. The molecule has 0 bridgehead atoms. The third-order valence-corrected chi connectivity index (χ3v) is 4.94. The van der Waals surface area contributed by atoms with Gasteiger partial charge < -0.3 is 9.47 Å². The summed E-state index contributed by atoms with van der Waals surface area (Å²) in [6.07, 6.45) is 2.39. The van der Waals surface area contributed by atoms with E-state index < -0.39 is 34.6 Å². The van der Waals surface area contributed by atoms with Gasteiger partial charge in [0.15, 0.2) is 5.92 Å². The fourth-order valence-corrected chi connectivity index (χ4v) is 3.75. The molecular formula is C20H25NO7. The first-order valence-electron chi connectivity index (χ1n) is 9.51. The van der Waals surface area contributed by atoms with E-state index in [-0.39, 0.29) is 24.7 Å². The van der Waals surface area contributed by atoms with Crippen molar-refractivity contribution in [2.45, 2.75) is 45.4 Å². The van der Waals surface area contributed by atoms with Crippen LogP contribution in [0.15, 0.2) is 24.3 Å². The molecule has 1 aromatic rings. The van der Waals surface area contributed by atoms with Gasteiger partial charge in [-0.1, -0.05) is 18.6 Å². The molecule has 1 saturated carbocycles. The van der Waals surface area contributed by atoms with Crippen LogP contribution in [0.25, 0.3) is 0 Å². The molecule has 8 nitrogen and oxygen atoms in total. The zero-order chi connectivity index (χ0) is 20.7. The van der Waals surface area contributed by atoms with E-state index in [0.717, 1.165) is 12.8 Å². The van der Waals surface area contributed by atoms with Crippen molar-refractivity contribution in [3.05, 3.63) is 39.9 Å². The second kappa shape index (κ2) is 9.96. The minimum atomic E-state index is -1.35. The van der Waals surface area contributed by atoms with Crippen molar-refractivity contribution >= 4 is 23.4 Å². The Labute approximate surface area is 163 Å². The maximum atomic E-state index is 12.7. The van der Waals surface area contributed by atoms with Gasteiger partial charge in [0.2, 0.25) is 0 Å². The number of ketones is 1. The first-order valence-corrected chi connectivity index (χ1v) is 9.51. The molecule has 1 aromatic carbocycles. The van der Waals surface area contributed by atoms with E-state index in [9.17, 15) is 24.5 Å². The number of nitrogens with zero attached hydrogens (tertiary/aromatic N) is 1. The molecule has 2 atom stereocenters. The van der Waals surface area contributed by atoms with Crippen LogP contribution in [0, 0.1) is 22.0 Å². The normalized spacial score (nSPS) is 17.8. The Morgan fingerprint density at radius 1 is 1.18 bits per heavy atom. The largest absolute Gasteiger partial charge is 0.465 e. The van der Waals surface area contributed by atoms with Crippen LogP contribution in [-0.2, 0) is 23.9 Å². The summed E-state index contributed by atoms with van der Waals surface area (Å²) in [7, 11) is 0. The first-order chi connectivity index (χ1) is 13.4. The van der Waals surface area contributed by atoms with E-state index in [0.29, 0.717) is 18.4 Å². The smallest absolute Gasteiger partial charge is 0.320 e. The van der Waals surface area contributed by atoms with Crippen LogP contribution in [0.3, 0.4) is 0 Å². The molecule has 0 spiro atoms. The molecule has 0 radical (unpaired) electrons. The number of nitro groups is 1. The molecular weight excluding hydrogens is 366 g/mol. The highest BCUT2D eigenvalue weighted by Gasteiger charge is 2.45. The summed E-state index contributed by atoms with van der Waals surface area (Å²) in [5, 5.41) is 11.2. The highest BCUT2D eigenvalue weighted by Crippen LogP contribution is 2.41. The minimum absolute atomic E-state index is 0.0543. The Bertz CT molecular complexity index is 728. The van der Waals surface area contributed by atoms with Crippen molar-refractivity contribution in [3.8, 4) is 0 Å². The van der Waals surface area contributed by atoms with Crippen LogP contribution in [0.2, 0.25) is 0 Å². The molecule has 152 valence electrons. The summed E-state index contributed by atoms with van der Waals surface area (Å²) < 4.78 is 10.2. The molecule has 0 saturated heterocycles. The van der Waals surface area contributed by atoms with Gasteiger partial charge in [-0.3, -0.25) is 24.5 Å². The average Bonchev–Trinajstić information content (AvgIpc) is 2.67. The van der Waals surface area contributed by atoms with Gasteiger partial charge in [-0.2, -0.15) is 0 Å². The van der Waals surface area contributed by atoms with Crippen LogP contribution >= 0.6 is 0 Å². The van der Waals surface area contributed by atoms with E-state index in [4.69, 9.17) is 9.47 Å². The molecule has 0 heterocycles. The Hall–Kier alpha value is -2.77. The lowest BCUT2D eigenvalue weighted by Crippen LogP contribution is -2.40. The molecule has 2 rings (SSSR count). The SMILES string of the molecule is CCOC(=O)C(C(=O)OCC)[C@@H](c1cccc([N+](=O)[O-])c1)[C@@H]1CCCCC1=O. The Balaban J connectivity index is 2.58. The summed E-state index contributed by atoms with van der Waals surface area (Å²) >= 11 is 0. The third-order valence-electron chi connectivity index (χ3n) is 4.94. The van der Waals surface area contributed by atoms with Gasteiger partial charge >= 0.3 is 11.9 Å². The van der Waals surface area contributed by atoms with Crippen molar-refractivity contribution in [1.82, 2.24) is 0 Å². The van der Waals surface area contributed by atoms with Crippen molar-refractivity contribution < 1.29 is 28.8 Å². The fourth-order valence-electron chi connectivity index (χ4n) is 3.75. The Kier molecular flexibility index (Phi) is 7.66. The van der Waals surface area contributed by atoms with Gasteiger partial charge in [0.05, 0.1) is 18.1 Å². The van der Waals surface area contributed by atoms with Crippen molar-refractivity contribution in [1.29, 1.82) is 0 Å². The highest BCUT2D eigenvalue weighted by molar-refractivity contribution is 5.97. The number of non-ortho nitro benzene ring substituents is 1. The molecule has 0 aromatic heterocycles. The van der Waals surface area contributed by atoms with Crippen molar-refractivity contribution in [2.24, 2.45) is 11.8 Å². The molecule has 1 fully saturated rings. The number of hydrogen-bond acceptors (Lipinski definition) is 7. The summed E-state index contributed by atoms with van der Waals surface area (Å²) in [6.45, 7) is 3.37. The van der Waals surface area contributed by atoms with Gasteiger partial charge in [0, 0.05) is 30.4 Å².